The molecule has 2 aromatic carbocycles. The van der Waals surface area contributed by atoms with Gasteiger partial charge in [0.25, 0.3) is 0 Å². The quantitative estimate of drug-likeness (QED) is 0.827. The second-order valence-electron chi connectivity index (χ2n) is 7.35. The van der Waals surface area contributed by atoms with Gasteiger partial charge in [0.2, 0.25) is 0 Å². The topological polar surface area (TPSA) is 79.5 Å². The van der Waals surface area contributed by atoms with Crippen LogP contribution < -0.4 is 4.74 Å². The number of rotatable bonds is 3. The van der Waals surface area contributed by atoms with E-state index in [1.807, 2.05) is 33.8 Å². The van der Waals surface area contributed by atoms with Crippen LogP contribution >= 0.6 is 0 Å². The van der Waals surface area contributed by atoms with Crippen LogP contribution in [0.1, 0.15) is 51.5 Å². The monoisotopic (exact) mass is 365 g/mol. The number of carbonyl (C=O) groups excluding carboxylic acids is 1. The predicted octanol–water partition coefficient (Wildman–Crippen LogP) is 4.13. The molecule has 0 saturated heterocycles. The van der Waals surface area contributed by atoms with E-state index in [-0.39, 0.29) is 6.61 Å². The maximum Gasteiger partial charge on any atom is 0.338 e. The van der Waals surface area contributed by atoms with Crippen molar-refractivity contribution in [2.75, 3.05) is 6.61 Å². The van der Waals surface area contributed by atoms with Crippen molar-refractivity contribution in [3.8, 4) is 17.6 Å². The fourth-order valence-electron chi connectivity index (χ4n) is 3.41. The standard InChI is InChI=1S/C22H23NO4/c1-13-14(2)20-18(15(3)19(13)24)8-9-22(4,27-20)12-26-21(25)17-7-5-6-16(10-17)11-23/h5-7,10,24H,8-9,12H2,1-4H3. The van der Waals surface area contributed by atoms with Crippen molar-refractivity contribution in [3.05, 3.63) is 57.6 Å². The lowest BCUT2D eigenvalue weighted by Crippen LogP contribution is -2.42. The highest BCUT2D eigenvalue weighted by molar-refractivity contribution is 5.89. The summed E-state index contributed by atoms with van der Waals surface area (Å²) in [7, 11) is 0. The summed E-state index contributed by atoms with van der Waals surface area (Å²) in [5, 5.41) is 19.2. The van der Waals surface area contributed by atoms with Crippen LogP contribution in [-0.2, 0) is 11.2 Å². The molecule has 1 aliphatic heterocycles. The van der Waals surface area contributed by atoms with Crippen LogP contribution in [0.2, 0.25) is 0 Å². The third-order valence-electron chi connectivity index (χ3n) is 5.33. The number of phenolic OH excluding ortho intramolecular Hbond substituents is 1. The Kier molecular flexibility index (Phi) is 4.84. The summed E-state index contributed by atoms with van der Waals surface area (Å²) in [6.45, 7) is 7.73. The Morgan fingerprint density at radius 1 is 1.30 bits per heavy atom. The van der Waals surface area contributed by atoms with Gasteiger partial charge in [-0.2, -0.15) is 5.26 Å². The lowest BCUT2D eigenvalue weighted by Gasteiger charge is -2.37. The minimum Gasteiger partial charge on any atom is -0.507 e. The fourth-order valence-corrected chi connectivity index (χ4v) is 3.41. The molecular formula is C22H23NO4. The summed E-state index contributed by atoms with van der Waals surface area (Å²) >= 11 is 0. The number of nitrogens with zero attached hydrogens (tertiary/aromatic N) is 1. The van der Waals surface area contributed by atoms with Gasteiger partial charge in [-0.25, -0.2) is 4.79 Å². The highest BCUT2D eigenvalue weighted by Gasteiger charge is 2.36. The lowest BCUT2D eigenvalue weighted by atomic mass is 9.87. The van der Waals surface area contributed by atoms with Gasteiger partial charge in [0, 0.05) is 5.56 Å². The zero-order valence-corrected chi connectivity index (χ0v) is 16.0. The van der Waals surface area contributed by atoms with Crippen LogP contribution in [0.4, 0.5) is 0 Å². The highest BCUT2D eigenvalue weighted by atomic mass is 16.6. The van der Waals surface area contributed by atoms with Crippen molar-refractivity contribution < 1.29 is 19.4 Å². The Hall–Kier alpha value is -3.00. The summed E-state index contributed by atoms with van der Waals surface area (Å²) in [5.41, 5.74) is 3.70. The summed E-state index contributed by atoms with van der Waals surface area (Å²) in [5.74, 6) is 0.624. The van der Waals surface area contributed by atoms with Gasteiger partial charge in [0.05, 0.1) is 17.2 Å². The van der Waals surface area contributed by atoms with Gasteiger partial charge in [0.15, 0.2) is 0 Å². The normalized spacial score (nSPS) is 18.2. The molecule has 140 valence electrons. The summed E-state index contributed by atoms with van der Waals surface area (Å²) in [4.78, 5) is 12.3. The van der Waals surface area contributed by atoms with Gasteiger partial charge in [-0.3, -0.25) is 0 Å². The van der Waals surface area contributed by atoms with E-state index in [2.05, 4.69) is 0 Å². The molecule has 0 fully saturated rings. The summed E-state index contributed by atoms with van der Waals surface area (Å²) < 4.78 is 11.7. The van der Waals surface area contributed by atoms with Crippen molar-refractivity contribution in [2.45, 2.75) is 46.1 Å². The maximum absolute atomic E-state index is 12.3. The third-order valence-corrected chi connectivity index (χ3v) is 5.33. The highest BCUT2D eigenvalue weighted by Crippen LogP contribution is 2.43. The lowest BCUT2D eigenvalue weighted by molar-refractivity contribution is -0.0164. The molecule has 1 atom stereocenters. The number of phenols is 1. The first-order chi connectivity index (χ1) is 12.8. The molecule has 27 heavy (non-hydrogen) atoms. The molecular weight excluding hydrogens is 342 g/mol. The van der Waals surface area contributed by atoms with E-state index in [0.29, 0.717) is 23.3 Å². The number of ether oxygens (including phenoxy) is 2. The van der Waals surface area contributed by atoms with E-state index in [1.54, 1.807) is 18.2 Å². The first-order valence-electron chi connectivity index (χ1n) is 8.93. The smallest absolute Gasteiger partial charge is 0.338 e. The minimum absolute atomic E-state index is 0.112. The Morgan fingerprint density at radius 3 is 2.74 bits per heavy atom. The molecule has 0 bridgehead atoms. The van der Waals surface area contributed by atoms with E-state index in [1.165, 1.54) is 6.07 Å². The molecule has 2 aromatic rings. The number of aromatic hydroxyl groups is 1. The molecule has 3 rings (SSSR count). The Balaban J connectivity index is 1.77. The largest absolute Gasteiger partial charge is 0.507 e. The third kappa shape index (κ3) is 3.48. The second kappa shape index (κ2) is 6.96. The SMILES string of the molecule is Cc1c(C)c2c(c(C)c1O)CCC(C)(COC(=O)c1cccc(C#N)c1)O2. The molecule has 0 spiro atoms. The van der Waals surface area contributed by atoms with E-state index in [4.69, 9.17) is 14.7 Å². The Bertz CT molecular complexity index is 958. The minimum atomic E-state index is -0.643. The van der Waals surface area contributed by atoms with Crippen molar-refractivity contribution >= 4 is 5.97 Å². The van der Waals surface area contributed by atoms with Gasteiger partial charge in [-0.05, 0) is 75.4 Å². The molecule has 0 aliphatic carbocycles. The van der Waals surface area contributed by atoms with Gasteiger partial charge in [-0.15, -0.1) is 0 Å². The number of nitriles is 1. The first-order valence-corrected chi connectivity index (χ1v) is 8.93. The van der Waals surface area contributed by atoms with Crippen LogP contribution in [0.5, 0.6) is 11.5 Å². The van der Waals surface area contributed by atoms with E-state index in [9.17, 15) is 9.90 Å². The van der Waals surface area contributed by atoms with Gasteiger partial charge in [0.1, 0.15) is 23.7 Å². The zero-order valence-electron chi connectivity index (χ0n) is 16.0. The number of hydrogen-bond acceptors (Lipinski definition) is 5. The number of carbonyl (C=O) groups is 1. The van der Waals surface area contributed by atoms with Crippen molar-refractivity contribution in [3.63, 3.8) is 0 Å². The van der Waals surface area contributed by atoms with Gasteiger partial charge in [-0.1, -0.05) is 6.07 Å². The second-order valence-corrected chi connectivity index (χ2v) is 7.35. The molecule has 5 heteroatoms. The average Bonchev–Trinajstić information content (AvgIpc) is 2.69. The van der Waals surface area contributed by atoms with Crippen molar-refractivity contribution in [1.82, 2.24) is 0 Å². The van der Waals surface area contributed by atoms with Crippen LogP contribution in [0, 0.1) is 32.1 Å². The number of benzene rings is 2. The first kappa shape index (κ1) is 18.8. The van der Waals surface area contributed by atoms with Gasteiger partial charge >= 0.3 is 5.97 Å². The molecule has 0 amide bonds. The molecule has 5 nitrogen and oxygen atoms in total. The van der Waals surface area contributed by atoms with Crippen molar-refractivity contribution in [1.29, 1.82) is 5.26 Å². The maximum atomic E-state index is 12.3. The Morgan fingerprint density at radius 2 is 2.04 bits per heavy atom. The van der Waals surface area contributed by atoms with Crippen LogP contribution in [0.25, 0.3) is 0 Å². The zero-order chi connectivity index (χ0) is 19.8. The van der Waals surface area contributed by atoms with E-state index in [0.717, 1.165) is 34.4 Å². The van der Waals surface area contributed by atoms with Crippen LogP contribution in [-0.4, -0.2) is 23.3 Å². The number of hydrogen-bond donors (Lipinski definition) is 1. The molecule has 1 unspecified atom stereocenters. The number of esters is 1. The number of fused-ring (bicyclic) bond motifs is 1. The molecule has 0 radical (unpaired) electrons. The summed E-state index contributed by atoms with van der Waals surface area (Å²) in [6, 6.07) is 8.46. The van der Waals surface area contributed by atoms with Crippen molar-refractivity contribution in [2.24, 2.45) is 0 Å². The van der Waals surface area contributed by atoms with E-state index >= 15 is 0 Å². The molecule has 0 aromatic heterocycles. The van der Waals surface area contributed by atoms with Crippen LogP contribution in [0.15, 0.2) is 24.3 Å². The predicted molar refractivity (Wildman–Crippen MR) is 101 cm³/mol. The average molecular weight is 365 g/mol. The molecule has 1 heterocycles. The summed E-state index contributed by atoms with van der Waals surface area (Å²) in [6.07, 6.45) is 1.42. The van der Waals surface area contributed by atoms with E-state index < -0.39 is 11.6 Å². The fraction of sp³-hybridized carbons (Fsp3) is 0.364. The Labute approximate surface area is 159 Å². The molecule has 1 N–H and O–H groups in total. The molecule has 1 aliphatic rings. The van der Waals surface area contributed by atoms with Crippen LogP contribution in [0.3, 0.4) is 0 Å². The van der Waals surface area contributed by atoms with Gasteiger partial charge < -0.3 is 14.6 Å². The molecule has 0 saturated carbocycles.